The van der Waals surface area contributed by atoms with Crippen LogP contribution in [0, 0.1) is 5.92 Å². The molecule has 0 heterocycles. The predicted octanol–water partition coefficient (Wildman–Crippen LogP) is 1.87. The monoisotopic (exact) mass is 278 g/mol. The van der Waals surface area contributed by atoms with E-state index in [2.05, 4.69) is 0 Å². The van der Waals surface area contributed by atoms with Crippen molar-refractivity contribution in [3.8, 4) is 0 Å². The van der Waals surface area contributed by atoms with E-state index in [1.165, 1.54) is 0 Å². The average Bonchev–Trinajstić information content (AvgIpc) is 2.45. The van der Waals surface area contributed by atoms with Crippen LogP contribution in [0.3, 0.4) is 0 Å². The Morgan fingerprint density at radius 1 is 1.30 bits per heavy atom. The van der Waals surface area contributed by atoms with Crippen LogP contribution in [0.25, 0.3) is 0 Å². The van der Waals surface area contributed by atoms with E-state index in [0.29, 0.717) is 25.9 Å². The third-order valence-corrected chi connectivity index (χ3v) is 3.23. The van der Waals surface area contributed by atoms with Gasteiger partial charge in [0.15, 0.2) is 0 Å². The first-order chi connectivity index (χ1) is 9.60. The minimum Gasteiger partial charge on any atom is -0.481 e. The van der Waals surface area contributed by atoms with Crippen LogP contribution in [0.15, 0.2) is 30.3 Å². The standard InChI is InChI=1S/C15H22N2O3/c1-2-12(11-16)15(20)17(10-6-9-14(18)19)13-7-4-3-5-8-13/h3-5,7-8,12H,2,6,9-11,16H2,1H3,(H,18,19). The highest BCUT2D eigenvalue weighted by molar-refractivity contribution is 5.95. The van der Waals surface area contributed by atoms with Crippen LogP contribution in [0.2, 0.25) is 0 Å². The molecule has 20 heavy (non-hydrogen) atoms. The Kier molecular flexibility index (Phi) is 6.73. The van der Waals surface area contributed by atoms with Gasteiger partial charge in [-0.25, -0.2) is 0 Å². The lowest BCUT2D eigenvalue weighted by atomic mass is 10.0. The van der Waals surface area contributed by atoms with Crippen molar-refractivity contribution in [1.82, 2.24) is 0 Å². The summed E-state index contributed by atoms with van der Waals surface area (Å²) < 4.78 is 0. The molecule has 0 bridgehead atoms. The van der Waals surface area contributed by atoms with Crippen molar-refractivity contribution in [2.75, 3.05) is 18.0 Å². The Labute approximate surface area is 119 Å². The van der Waals surface area contributed by atoms with Crippen LogP contribution >= 0.6 is 0 Å². The van der Waals surface area contributed by atoms with Gasteiger partial charge in [0, 0.05) is 25.2 Å². The second kappa shape index (κ2) is 8.32. The van der Waals surface area contributed by atoms with Gasteiger partial charge in [-0.3, -0.25) is 9.59 Å². The summed E-state index contributed by atoms with van der Waals surface area (Å²) in [6.07, 6.45) is 1.16. The summed E-state index contributed by atoms with van der Waals surface area (Å²) >= 11 is 0. The van der Waals surface area contributed by atoms with Gasteiger partial charge in [-0.2, -0.15) is 0 Å². The van der Waals surface area contributed by atoms with Gasteiger partial charge in [0.25, 0.3) is 0 Å². The van der Waals surface area contributed by atoms with E-state index in [9.17, 15) is 9.59 Å². The highest BCUT2D eigenvalue weighted by atomic mass is 16.4. The van der Waals surface area contributed by atoms with E-state index >= 15 is 0 Å². The zero-order valence-electron chi connectivity index (χ0n) is 11.8. The number of anilines is 1. The second-order valence-corrected chi connectivity index (χ2v) is 4.66. The number of hydrogen-bond acceptors (Lipinski definition) is 3. The fraction of sp³-hybridized carbons (Fsp3) is 0.467. The van der Waals surface area contributed by atoms with Crippen LogP contribution in [0.5, 0.6) is 0 Å². The molecule has 0 spiro atoms. The van der Waals surface area contributed by atoms with Gasteiger partial charge in [-0.05, 0) is 25.0 Å². The first-order valence-corrected chi connectivity index (χ1v) is 6.88. The highest BCUT2D eigenvalue weighted by Gasteiger charge is 2.22. The molecule has 0 aromatic heterocycles. The maximum atomic E-state index is 12.5. The van der Waals surface area contributed by atoms with Crippen molar-refractivity contribution < 1.29 is 14.7 Å². The number of carbonyl (C=O) groups excluding carboxylic acids is 1. The van der Waals surface area contributed by atoms with E-state index in [1.54, 1.807) is 4.90 Å². The minimum absolute atomic E-state index is 0.0356. The molecule has 1 atom stereocenters. The van der Waals surface area contributed by atoms with Gasteiger partial charge in [-0.15, -0.1) is 0 Å². The highest BCUT2D eigenvalue weighted by Crippen LogP contribution is 2.18. The molecule has 1 amide bonds. The number of carboxylic acid groups (broad SMARTS) is 1. The van der Waals surface area contributed by atoms with Gasteiger partial charge in [0.05, 0.1) is 5.92 Å². The molecule has 1 unspecified atom stereocenters. The van der Waals surface area contributed by atoms with Crippen molar-refractivity contribution >= 4 is 17.6 Å². The molecule has 0 aliphatic heterocycles. The maximum Gasteiger partial charge on any atom is 0.303 e. The number of para-hydroxylation sites is 1. The third-order valence-electron chi connectivity index (χ3n) is 3.23. The topological polar surface area (TPSA) is 83.6 Å². The molecule has 0 saturated carbocycles. The van der Waals surface area contributed by atoms with E-state index < -0.39 is 5.97 Å². The normalized spacial score (nSPS) is 11.9. The Morgan fingerprint density at radius 2 is 1.95 bits per heavy atom. The van der Waals surface area contributed by atoms with Gasteiger partial charge in [0.2, 0.25) is 5.91 Å². The molecule has 1 aromatic carbocycles. The fourth-order valence-corrected chi connectivity index (χ4v) is 2.03. The molecular formula is C15H22N2O3. The van der Waals surface area contributed by atoms with Crippen LogP contribution in [-0.2, 0) is 9.59 Å². The molecule has 5 heteroatoms. The average molecular weight is 278 g/mol. The molecule has 5 nitrogen and oxygen atoms in total. The second-order valence-electron chi connectivity index (χ2n) is 4.66. The van der Waals surface area contributed by atoms with Crippen molar-refractivity contribution in [2.45, 2.75) is 26.2 Å². The lowest BCUT2D eigenvalue weighted by Gasteiger charge is -2.26. The number of hydrogen-bond donors (Lipinski definition) is 2. The van der Waals surface area contributed by atoms with E-state index in [0.717, 1.165) is 5.69 Å². The number of amides is 1. The van der Waals surface area contributed by atoms with Crippen LogP contribution in [-0.4, -0.2) is 30.1 Å². The minimum atomic E-state index is -0.851. The lowest BCUT2D eigenvalue weighted by molar-refractivity contribution is -0.137. The fourth-order valence-electron chi connectivity index (χ4n) is 2.03. The number of nitrogens with zero attached hydrogens (tertiary/aromatic N) is 1. The molecule has 1 aromatic rings. The quantitative estimate of drug-likeness (QED) is 0.760. The van der Waals surface area contributed by atoms with E-state index in [-0.39, 0.29) is 18.2 Å². The van der Waals surface area contributed by atoms with Crippen molar-refractivity contribution in [3.05, 3.63) is 30.3 Å². The predicted molar refractivity (Wildman–Crippen MR) is 78.5 cm³/mol. The number of aliphatic carboxylic acids is 1. The van der Waals surface area contributed by atoms with E-state index in [1.807, 2.05) is 37.3 Å². The van der Waals surface area contributed by atoms with Crippen molar-refractivity contribution in [1.29, 1.82) is 0 Å². The summed E-state index contributed by atoms with van der Waals surface area (Å²) in [5, 5.41) is 8.71. The molecular weight excluding hydrogens is 256 g/mol. The Morgan fingerprint density at radius 3 is 2.45 bits per heavy atom. The molecule has 0 saturated heterocycles. The SMILES string of the molecule is CCC(CN)C(=O)N(CCCC(=O)O)c1ccccc1. The van der Waals surface area contributed by atoms with Crippen LogP contribution in [0.4, 0.5) is 5.69 Å². The zero-order chi connectivity index (χ0) is 15.0. The molecule has 0 aliphatic carbocycles. The lowest BCUT2D eigenvalue weighted by Crippen LogP contribution is -2.39. The van der Waals surface area contributed by atoms with Crippen LogP contribution in [0.1, 0.15) is 26.2 Å². The van der Waals surface area contributed by atoms with Gasteiger partial charge in [0.1, 0.15) is 0 Å². The molecule has 1 rings (SSSR count). The number of benzene rings is 1. The Balaban J connectivity index is 2.84. The van der Waals surface area contributed by atoms with Gasteiger partial charge >= 0.3 is 5.97 Å². The maximum absolute atomic E-state index is 12.5. The number of nitrogens with two attached hydrogens (primary N) is 1. The largest absolute Gasteiger partial charge is 0.481 e. The first-order valence-electron chi connectivity index (χ1n) is 6.88. The zero-order valence-corrected chi connectivity index (χ0v) is 11.8. The number of carboxylic acids is 1. The molecule has 0 radical (unpaired) electrons. The van der Waals surface area contributed by atoms with E-state index in [4.69, 9.17) is 10.8 Å². The summed E-state index contributed by atoms with van der Waals surface area (Å²) in [4.78, 5) is 24.7. The van der Waals surface area contributed by atoms with Crippen molar-refractivity contribution in [2.24, 2.45) is 11.7 Å². The van der Waals surface area contributed by atoms with Crippen molar-refractivity contribution in [3.63, 3.8) is 0 Å². The smallest absolute Gasteiger partial charge is 0.303 e. The van der Waals surface area contributed by atoms with Gasteiger partial charge in [-0.1, -0.05) is 25.1 Å². The summed E-state index contributed by atoms with van der Waals surface area (Å²) in [6, 6.07) is 9.29. The van der Waals surface area contributed by atoms with Crippen LogP contribution < -0.4 is 10.6 Å². The third kappa shape index (κ3) is 4.66. The first kappa shape index (κ1) is 16.2. The molecule has 110 valence electrons. The Hall–Kier alpha value is -1.88. The summed E-state index contributed by atoms with van der Waals surface area (Å²) in [6.45, 7) is 2.62. The summed E-state index contributed by atoms with van der Waals surface area (Å²) in [5.74, 6) is -1.11. The Bertz CT molecular complexity index is 430. The summed E-state index contributed by atoms with van der Waals surface area (Å²) in [5.41, 5.74) is 6.42. The molecule has 3 N–H and O–H groups in total. The number of rotatable bonds is 8. The molecule has 0 aliphatic rings. The van der Waals surface area contributed by atoms with Gasteiger partial charge < -0.3 is 15.7 Å². The summed E-state index contributed by atoms with van der Waals surface area (Å²) in [7, 11) is 0. The number of carbonyl (C=O) groups is 2. The molecule has 0 fully saturated rings.